The fourth-order valence-electron chi connectivity index (χ4n) is 4.77. The van der Waals surface area contributed by atoms with Gasteiger partial charge < -0.3 is 0 Å². The van der Waals surface area contributed by atoms with E-state index >= 15 is 0 Å². The minimum atomic E-state index is -2.24. The number of allylic oxidation sites excluding steroid dienone is 2. The van der Waals surface area contributed by atoms with E-state index in [1.54, 1.807) is 0 Å². The Morgan fingerprint density at radius 3 is 1.96 bits per heavy atom. The summed E-state index contributed by atoms with van der Waals surface area (Å²) >= 11 is -2.24. The van der Waals surface area contributed by atoms with Crippen LogP contribution < -0.4 is 0 Å². The maximum absolute atomic E-state index is 13.2. The van der Waals surface area contributed by atoms with Gasteiger partial charge in [-0.15, -0.1) is 0 Å². The Morgan fingerprint density at radius 1 is 1.00 bits per heavy atom. The second kappa shape index (κ2) is 11.9. The predicted octanol–water partition coefficient (Wildman–Crippen LogP) is 8.18. The summed E-state index contributed by atoms with van der Waals surface area (Å²) in [6, 6.07) is 0. The Balaban J connectivity index is 3.04. The van der Waals surface area contributed by atoms with Crippen LogP contribution in [-0.2, 0) is 4.79 Å². The number of hydrogen-bond donors (Lipinski definition) is 0. The van der Waals surface area contributed by atoms with E-state index in [-0.39, 0.29) is 5.41 Å². The number of Topliss-reactive ketones (excluding diaryl/α,β-unsaturated/α-hetero) is 1. The third-order valence-electron chi connectivity index (χ3n) is 6.54. The molecule has 0 fully saturated rings. The average Bonchev–Trinajstić information content (AvgIpc) is 2.59. The Kier molecular flexibility index (Phi) is 11.1. The Morgan fingerprint density at radius 2 is 1.50 bits per heavy atom. The van der Waals surface area contributed by atoms with Crippen molar-refractivity contribution in [3.8, 4) is 0 Å². The summed E-state index contributed by atoms with van der Waals surface area (Å²) in [5.74, 6) is 0.931. The standard InChI is InChI=1S/C12H19O.3C4H9.Sn/c1-9-5-6-12(3,4)8-11(13)10(2)7-9;3*1-3-4-2;/h5,10H,2,6-8H2,1,3-4H3;3*1,3-4H2,2H3;/b9-5-;;;;. The normalized spacial score (nSPS) is 23.2. The molecule has 1 aliphatic carbocycles. The number of carbonyl (C=O) groups is 1. The fourth-order valence-corrected chi connectivity index (χ4v) is 22.2. The van der Waals surface area contributed by atoms with Gasteiger partial charge in [-0.1, -0.05) is 0 Å². The summed E-state index contributed by atoms with van der Waals surface area (Å²) in [6.45, 7) is 13.8. The van der Waals surface area contributed by atoms with Gasteiger partial charge >= 0.3 is 169 Å². The van der Waals surface area contributed by atoms with Crippen LogP contribution in [0.1, 0.15) is 99.3 Å². The first-order chi connectivity index (χ1) is 12.3. The van der Waals surface area contributed by atoms with E-state index in [2.05, 4.69) is 47.6 Å². The van der Waals surface area contributed by atoms with Crippen LogP contribution in [0.2, 0.25) is 17.7 Å². The van der Waals surface area contributed by atoms with E-state index in [1.165, 1.54) is 61.8 Å². The second-order valence-corrected chi connectivity index (χ2v) is 24.0. The molecule has 0 radical (unpaired) electrons. The van der Waals surface area contributed by atoms with Crippen molar-refractivity contribution in [2.75, 3.05) is 0 Å². The van der Waals surface area contributed by atoms with Crippen molar-refractivity contribution in [2.24, 2.45) is 11.3 Å². The number of rotatable bonds is 11. The summed E-state index contributed by atoms with van der Waals surface area (Å²) in [6.07, 6.45) is 13.5. The molecule has 2 heteroatoms. The summed E-state index contributed by atoms with van der Waals surface area (Å²) in [4.78, 5) is 13.2. The summed E-state index contributed by atoms with van der Waals surface area (Å²) < 4.78 is 5.93. The molecule has 0 aromatic heterocycles. The van der Waals surface area contributed by atoms with Crippen molar-refractivity contribution in [2.45, 2.75) is 117 Å². The van der Waals surface area contributed by atoms with Gasteiger partial charge in [-0.25, -0.2) is 0 Å². The van der Waals surface area contributed by atoms with E-state index < -0.39 is 18.4 Å². The van der Waals surface area contributed by atoms with Crippen LogP contribution in [0.4, 0.5) is 0 Å². The van der Waals surface area contributed by atoms with Crippen molar-refractivity contribution in [1.29, 1.82) is 0 Å². The van der Waals surface area contributed by atoms with Crippen LogP contribution in [0.5, 0.6) is 0 Å². The number of carbonyl (C=O) groups excluding carboxylic acids is 1. The summed E-state index contributed by atoms with van der Waals surface area (Å²) in [7, 11) is 0. The molecule has 0 heterocycles. The molecular formula is C24H46OSn. The first-order valence-electron chi connectivity index (χ1n) is 11.5. The molecule has 1 unspecified atom stereocenters. The van der Waals surface area contributed by atoms with Gasteiger partial charge in [0.2, 0.25) is 0 Å². The molecule has 1 rings (SSSR count). The number of hydrogen-bond acceptors (Lipinski definition) is 1. The SMILES string of the molecule is CCC[CH2][Sn]([CH2]CCC)([CH2]CCC)[CH2]C1C/C(C)=C\CC(C)(C)CC1=O. The summed E-state index contributed by atoms with van der Waals surface area (Å²) in [5.41, 5.74) is 1.61. The first kappa shape index (κ1) is 24.2. The average molecular weight is 469 g/mol. The van der Waals surface area contributed by atoms with Gasteiger partial charge in [-0.2, -0.15) is 0 Å². The molecule has 26 heavy (non-hydrogen) atoms. The third kappa shape index (κ3) is 8.48. The quantitative estimate of drug-likeness (QED) is 0.220. The maximum atomic E-state index is 13.2. The molecule has 1 atom stereocenters. The molecule has 1 nitrogen and oxygen atoms in total. The van der Waals surface area contributed by atoms with Gasteiger partial charge in [0.15, 0.2) is 0 Å². The zero-order chi connectivity index (χ0) is 19.6. The number of ketones is 1. The number of unbranched alkanes of at least 4 members (excludes halogenated alkanes) is 3. The van der Waals surface area contributed by atoms with Crippen molar-refractivity contribution >= 4 is 24.2 Å². The van der Waals surface area contributed by atoms with Crippen LogP contribution in [0.3, 0.4) is 0 Å². The molecule has 0 saturated heterocycles. The van der Waals surface area contributed by atoms with E-state index in [1.807, 2.05) is 0 Å². The van der Waals surface area contributed by atoms with Crippen LogP contribution in [0.25, 0.3) is 0 Å². The monoisotopic (exact) mass is 470 g/mol. The molecule has 0 spiro atoms. The molecule has 0 amide bonds. The van der Waals surface area contributed by atoms with Gasteiger partial charge in [0.25, 0.3) is 0 Å². The Hall–Kier alpha value is 0.209. The van der Waals surface area contributed by atoms with Crippen molar-refractivity contribution in [3.63, 3.8) is 0 Å². The van der Waals surface area contributed by atoms with Gasteiger partial charge in [0.05, 0.1) is 0 Å². The van der Waals surface area contributed by atoms with Crippen LogP contribution in [-0.4, -0.2) is 24.2 Å². The van der Waals surface area contributed by atoms with Crippen molar-refractivity contribution < 1.29 is 4.79 Å². The van der Waals surface area contributed by atoms with E-state index in [4.69, 9.17) is 0 Å². The predicted molar refractivity (Wildman–Crippen MR) is 120 cm³/mol. The van der Waals surface area contributed by atoms with E-state index in [0.29, 0.717) is 11.7 Å². The van der Waals surface area contributed by atoms with Crippen molar-refractivity contribution in [3.05, 3.63) is 11.6 Å². The molecule has 1 aliphatic rings. The molecule has 0 aliphatic heterocycles. The third-order valence-corrected chi connectivity index (χ3v) is 22.5. The van der Waals surface area contributed by atoms with Crippen molar-refractivity contribution in [1.82, 2.24) is 0 Å². The molecule has 152 valence electrons. The fraction of sp³-hybridized carbons (Fsp3) is 0.875. The topological polar surface area (TPSA) is 17.1 Å². The van der Waals surface area contributed by atoms with Gasteiger partial charge in [0.1, 0.15) is 0 Å². The summed E-state index contributed by atoms with van der Waals surface area (Å²) in [5, 5.41) is 0. The van der Waals surface area contributed by atoms with Crippen LogP contribution in [0.15, 0.2) is 11.6 Å². The second-order valence-electron chi connectivity index (χ2n) is 9.98. The van der Waals surface area contributed by atoms with E-state index in [9.17, 15) is 4.79 Å². The van der Waals surface area contributed by atoms with Gasteiger partial charge in [-0.3, -0.25) is 0 Å². The molecule has 0 N–H and O–H groups in total. The molecule has 0 aromatic carbocycles. The Labute approximate surface area is 168 Å². The minimum absolute atomic E-state index is 0.144. The van der Waals surface area contributed by atoms with Crippen LogP contribution in [0, 0.1) is 11.3 Å². The molecule has 0 aromatic rings. The molecule has 0 bridgehead atoms. The first-order valence-corrected chi connectivity index (χ1v) is 19.5. The molecular weight excluding hydrogens is 423 g/mol. The zero-order valence-corrected chi connectivity index (χ0v) is 21.6. The van der Waals surface area contributed by atoms with Crippen LogP contribution >= 0.6 is 0 Å². The van der Waals surface area contributed by atoms with E-state index in [0.717, 1.165) is 19.3 Å². The zero-order valence-electron chi connectivity index (χ0n) is 18.8. The molecule has 0 saturated carbocycles. The Bertz CT molecular complexity index is 427. The van der Waals surface area contributed by atoms with Gasteiger partial charge in [-0.05, 0) is 0 Å². The van der Waals surface area contributed by atoms with Gasteiger partial charge in [0, 0.05) is 0 Å².